The predicted octanol–water partition coefficient (Wildman–Crippen LogP) is 3.83. The summed E-state index contributed by atoms with van der Waals surface area (Å²) in [5.74, 6) is -0.720. The van der Waals surface area contributed by atoms with Crippen molar-refractivity contribution in [1.29, 1.82) is 0 Å². The summed E-state index contributed by atoms with van der Waals surface area (Å²) in [5.41, 5.74) is 1.06. The number of Topliss-reactive ketones (excluding diaryl/α,β-unsaturated/α-hetero) is 1. The Morgan fingerprint density at radius 2 is 1.84 bits per heavy atom. The fourth-order valence-electron chi connectivity index (χ4n) is 1.87. The quantitative estimate of drug-likeness (QED) is 0.448. The summed E-state index contributed by atoms with van der Waals surface area (Å²) in [6, 6.07) is 9.81. The van der Waals surface area contributed by atoms with Crippen molar-refractivity contribution >= 4 is 45.4 Å². The molecule has 0 unspecified atom stereocenters. The summed E-state index contributed by atoms with van der Waals surface area (Å²) in [4.78, 5) is 35.0. The first-order valence-corrected chi connectivity index (χ1v) is 8.20. The molecular formula is C18H16BrNO5. The van der Waals surface area contributed by atoms with E-state index in [4.69, 9.17) is 9.15 Å². The average Bonchev–Trinajstić information content (AvgIpc) is 2.99. The number of hydrogen-bond acceptors (Lipinski definition) is 5. The molecule has 0 aliphatic heterocycles. The van der Waals surface area contributed by atoms with Crippen LogP contribution in [0.4, 0.5) is 5.69 Å². The highest BCUT2D eigenvalue weighted by Gasteiger charge is 2.16. The molecule has 0 aliphatic rings. The first kappa shape index (κ1) is 18.7. The minimum Gasteiger partial charge on any atom is -0.450 e. The number of amides is 1. The molecular weight excluding hydrogens is 390 g/mol. The van der Waals surface area contributed by atoms with E-state index in [2.05, 4.69) is 21.2 Å². The molecule has 0 saturated carbocycles. The Morgan fingerprint density at radius 3 is 2.40 bits per heavy atom. The summed E-state index contributed by atoms with van der Waals surface area (Å²) >= 11 is 3.15. The van der Waals surface area contributed by atoms with E-state index in [9.17, 15) is 14.4 Å². The Bertz CT molecular complexity index is 807. The van der Waals surface area contributed by atoms with Gasteiger partial charge in [0.1, 0.15) is 5.76 Å². The average molecular weight is 406 g/mol. The Balaban J connectivity index is 1.87. The summed E-state index contributed by atoms with van der Waals surface area (Å²) in [6.07, 6.45) is 1.64. The van der Waals surface area contributed by atoms with Gasteiger partial charge >= 0.3 is 5.97 Å². The van der Waals surface area contributed by atoms with E-state index >= 15 is 0 Å². The third-order valence-electron chi connectivity index (χ3n) is 3.20. The minimum absolute atomic E-state index is 0.0597. The standard InChI is InChI=1S/C18H16BrNO5/c1-11(21)13-3-5-14(6-4-13)20-18(23)12(2)24-17(22)10-8-15-7-9-16(19)25-15/h3-10,12H,1-2H3,(H,20,23)/b10-8+/t12-/m1/s1. The van der Waals surface area contributed by atoms with Gasteiger partial charge < -0.3 is 14.5 Å². The van der Waals surface area contributed by atoms with Gasteiger partial charge in [-0.25, -0.2) is 4.79 Å². The lowest BCUT2D eigenvalue weighted by Crippen LogP contribution is -2.29. The molecule has 2 rings (SSSR count). The van der Waals surface area contributed by atoms with Crippen molar-refractivity contribution < 1.29 is 23.5 Å². The molecule has 1 atom stereocenters. The van der Waals surface area contributed by atoms with Crippen LogP contribution in [0.5, 0.6) is 0 Å². The van der Waals surface area contributed by atoms with E-state index in [1.54, 1.807) is 36.4 Å². The van der Waals surface area contributed by atoms with Crippen molar-refractivity contribution in [2.24, 2.45) is 0 Å². The van der Waals surface area contributed by atoms with Crippen LogP contribution < -0.4 is 5.32 Å². The smallest absolute Gasteiger partial charge is 0.331 e. The number of rotatable bonds is 6. The number of nitrogens with one attached hydrogen (secondary N) is 1. The van der Waals surface area contributed by atoms with Gasteiger partial charge in [-0.2, -0.15) is 0 Å². The Morgan fingerprint density at radius 1 is 1.16 bits per heavy atom. The fourth-order valence-corrected chi connectivity index (χ4v) is 2.19. The minimum atomic E-state index is -0.979. The van der Waals surface area contributed by atoms with E-state index in [0.717, 1.165) is 0 Å². The molecule has 0 aliphatic carbocycles. The summed E-state index contributed by atoms with van der Waals surface area (Å²) < 4.78 is 10.8. The lowest BCUT2D eigenvalue weighted by atomic mass is 10.1. The zero-order valence-electron chi connectivity index (χ0n) is 13.6. The van der Waals surface area contributed by atoms with Gasteiger partial charge in [-0.15, -0.1) is 0 Å². The molecule has 1 aromatic carbocycles. The zero-order chi connectivity index (χ0) is 18.4. The van der Waals surface area contributed by atoms with Crippen LogP contribution >= 0.6 is 15.9 Å². The Hall–Kier alpha value is -2.67. The number of carbonyl (C=O) groups is 3. The molecule has 6 nitrogen and oxygen atoms in total. The van der Waals surface area contributed by atoms with E-state index < -0.39 is 18.0 Å². The number of ether oxygens (including phenoxy) is 1. The third-order valence-corrected chi connectivity index (χ3v) is 3.62. The van der Waals surface area contributed by atoms with Crippen LogP contribution in [-0.2, 0) is 14.3 Å². The number of benzene rings is 1. The van der Waals surface area contributed by atoms with Crippen molar-refractivity contribution in [1.82, 2.24) is 0 Å². The zero-order valence-corrected chi connectivity index (χ0v) is 15.2. The van der Waals surface area contributed by atoms with Crippen molar-refractivity contribution in [2.45, 2.75) is 20.0 Å². The fraction of sp³-hybridized carbons (Fsp3) is 0.167. The summed E-state index contributed by atoms with van der Waals surface area (Å²) in [5, 5.41) is 2.61. The SMILES string of the molecule is CC(=O)c1ccc(NC(=O)[C@@H](C)OC(=O)/C=C/c2ccc(Br)o2)cc1. The van der Waals surface area contributed by atoms with Gasteiger partial charge in [-0.05, 0) is 72.3 Å². The van der Waals surface area contributed by atoms with Crippen molar-refractivity contribution in [3.8, 4) is 0 Å². The number of esters is 1. The molecule has 1 N–H and O–H groups in total. The number of ketones is 1. The highest BCUT2D eigenvalue weighted by atomic mass is 79.9. The molecule has 0 fully saturated rings. The summed E-state index contributed by atoms with van der Waals surface area (Å²) in [7, 11) is 0. The molecule has 0 bridgehead atoms. The van der Waals surface area contributed by atoms with Crippen molar-refractivity contribution in [3.63, 3.8) is 0 Å². The molecule has 0 radical (unpaired) electrons. The van der Waals surface area contributed by atoms with Crippen LogP contribution in [0, 0.1) is 0 Å². The van der Waals surface area contributed by atoms with Crippen LogP contribution in [0.1, 0.15) is 30.0 Å². The topological polar surface area (TPSA) is 85.6 Å². The molecule has 7 heteroatoms. The maximum absolute atomic E-state index is 12.0. The maximum atomic E-state index is 12.0. The highest BCUT2D eigenvalue weighted by Crippen LogP contribution is 2.15. The second kappa shape index (κ2) is 8.43. The third kappa shape index (κ3) is 5.72. The van der Waals surface area contributed by atoms with Gasteiger partial charge in [-0.1, -0.05) is 0 Å². The molecule has 2 aromatic rings. The van der Waals surface area contributed by atoms with Crippen LogP contribution in [0.3, 0.4) is 0 Å². The second-order valence-electron chi connectivity index (χ2n) is 5.18. The van der Waals surface area contributed by atoms with Crippen LogP contribution in [0.25, 0.3) is 6.08 Å². The van der Waals surface area contributed by atoms with E-state index in [1.807, 2.05) is 0 Å². The monoisotopic (exact) mass is 405 g/mol. The van der Waals surface area contributed by atoms with E-state index in [-0.39, 0.29) is 5.78 Å². The lowest BCUT2D eigenvalue weighted by Gasteiger charge is -2.12. The van der Waals surface area contributed by atoms with E-state index in [1.165, 1.54) is 26.0 Å². The van der Waals surface area contributed by atoms with Crippen LogP contribution in [0.15, 0.2) is 51.6 Å². The molecule has 1 amide bonds. The van der Waals surface area contributed by atoms with E-state index in [0.29, 0.717) is 21.7 Å². The largest absolute Gasteiger partial charge is 0.450 e. The van der Waals surface area contributed by atoms with Gasteiger partial charge in [0, 0.05) is 17.3 Å². The van der Waals surface area contributed by atoms with Crippen LogP contribution in [-0.4, -0.2) is 23.8 Å². The second-order valence-corrected chi connectivity index (χ2v) is 5.96. The molecule has 1 heterocycles. The molecule has 0 saturated heterocycles. The molecule has 0 spiro atoms. The first-order chi connectivity index (χ1) is 11.8. The molecule has 1 aromatic heterocycles. The number of anilines is 1. The van der Waals surface area contributed by atoms with Gasteiger partial charge in [0.15, 0.2) is 16.6 Å². The number of carbonyl (C=O) groups excluding carboxylic acids is 3. The Labute approximate surface area is 153 Å². The number of furan rings is 1. The highest BCUT2D eigenvalue weighted by molar-refractivity contribution is 9.10. The predicted molar refractivity (Wildman–Crippen MR) is 96.1 cm³/mol. The van der Waals surface area contributed by atoms with Crippen molar-refractivity contribution in [3.05, 3.63) is 58.5 Å². The van der Waals surface area contributed by atoms with Crippen molar-refractivity contribution in [2.75, 3.05) is 5.32 Å². The number of halogens is 1. The van der Waals surface area contributed by atoms with Gasteiger partial charge in [-0.3, -0.25) is 9.59 Å². The lowest BCUT2D eigenvalue weighted by molar-refractivity contribution is -0.148. The van der Waals surface area contributed by atoms with Gasteiger partial charge in [0.2, 0.25) is 0 Å². The number of hydrogen-bond donors (Lipinski definition) is 1. The van der Waals surface area contributed by atoms with Crippen LogP contribution in [0.2, 0.25) is 0 Å². The first-order valence-electron chi connectivity index (χ1n) is 7.41. The Kier molecular flexibility index (Phi) is 6.30. The van der Waals surface area contributed by atoms with Gasteiger partial charge in [0.25, 0.3) is 5.91 Å². The normalized spacial score (nSPS) is 12.0. The molecule has 25 heavy (non-hydrogen) atoms. The summed E-state index contributed by atoms with van der Waals surface area (Å²) in [6.45, 7) is 2.93. The molecule has 130 valence electrons. The van der Waals surface area contributed by atoms with Gasteiger partial charge in [0.05, 0.1) is 0 Å². The maximum Gasteiger partial charge on any atom is 0.331 e.